The summed E-state index contributed by atoms with van der Waals surface area (Å²) < 4.78 is 7.38. The standard InChI is InChI=1S/C15H21NO3/c1-13(2)7-11-19-10-4-3-8-16-9-5-6-14(12-16)15(17)18/h5-6,9,12H,1,3-4,7-8,10-11H2,2H3/p+1. The van der Waals surface area contributed by atoms with Gasteiger partial charge in [0.25, 0.3) is 0 Å². The summed E-state index contributed by atoms with van der Waals surface area (Å²) in [6.45, 7) is 8.10. The number of aromatic nitrogens is 1. The van der Waals surface area contributed by atoms with Crippen LogP contribution >= 0.6 is 0 Å². The van der Waals surface area contributed by atoms with Crippen molar-refractivity contribution in [3.63, 3.8) is 0 Å². The van der Waals surface area contributed by atoms with Crippen LogP contribution in [0, 0.1) is 0 Å². The van der Waals surface area contributed by atoms with Gasteiger partial charge in [-0.1, -0.05) is 5.57 Å². The van der Waals surface area contributed by atoms with Gasteiger partial charge in [0.1, 0.15) is 12.1 Å². The van der Waals surface area contributed by atoms with Crippen LogP contribution in [-0.4, -0.2) is 24.3 Å². The Hall–Kier alpha value is -1.68. The summed E-state index contributed by atoms with van der Waals surface area (Å²) in [6.07, 6.45) is 6.40. The van der Waals surface area contributed by atoms with Crippen molar-refractivity contribution in [2.24, 2.45) is 0 Å². The number of carbonyl (C=O) groups is 1. The highest BCUT2D eigenvalue weighted by Crippen LogP contribution is 1.98. The molecule has 0 atom stereocenters. The predicted molar refractivity (Wildman–Crippen MR) is 73.1 cm³/mol. The summed E-state index contributed by atoms with van der Waals surface area (Å²) in [5.41, 5.74) is 1.46. The summed E-state index contributed by atoms with van der Waals surface area (Å²) in [4.78, 5) is 10.8. The van der Waals surface area contributed by atoms with Crippen LogP contribution in [0.3, 0.4) is 0 Å². The summed E-state index contributed by atoms with van der Waals surface area (Å²) in [6, 6.07) is 3.35. The third kappa shape index (κ3) is 6.72. The molecule has 0 unspecified atom stereocenters. The van der Waals surface area contributed by atoms with Crippen molar-refractivity contribution in [3.05, 3.63) is 42.2 Å². The Kier molecular flexibility index (Phi) is 6.82. The number of aromatic carboxylic acids is 1. The lowest BCUT2D eigenvalue weighted by atomic mass is 10.2. The van der Waals surface area contributed by atoms with Gasteiger partial charge in [0.15, 0.2) is 12.4 Å². The largest absolute Gasteiger partial charge is 0.477 e. The molecular weight excluding hydrogens is 242 g/mol. The zero-order valence-corrected chi connectivity index (χ0v) is 11.5. The zero-order valence-electron chi connectivity index (χ0n) is 11.5. The van der Waals surface area contributed by atoms with Crippen molar-refractivity contribution >= 4 is 5.97 Å². The Morgan fingerprint density at radius 1 is 1.42 bits per heavy atom. The van der Waals surface area contributed by atoms with Crippen LogP contribution in [0.4, 0.5) is 0 Å². The molecule has 1 aromatic rings. The molecule has 1 aromatic heterocycles. The number of nitrogens with zero attached hydrogens (tertiary/aromatic N) is 1. The maximum absolute atomic E-state index is 10.8. The van der Waals surface area contributed by atoms with E-state index in [2.05, 4.69) is 6.58 Å². The molecule has 0 aliphatic heterocycles. The molecule has 104 valence electrons. The molecule has 4 nitrogen and oxygen atoms in total. The maximum Gasteiger partial charge on any atom is 0.341 e. The Bertz CT molecular complexity index is 429. The van der Waals surface area contributed by atoms with Gasteiger partial charge in [-0.25, -0.2) is 9.36 Å². The molecule has 0 bridgehead atoms. The lowest BCUT2D eigenvalue weighted by molar-refractivity contribution is -0.697. The third-order valence-corrected chi connectivity index (χ3v) is 2.73. The van der Waals surface area contributed by atoms with Crippen LogP contribution < -0.4 is 4.57 Å². The summed E-state index contributed by atoms with van der Waals surface area (Å²) in [7, 11) is 0. The van der Waals surface area contributed by atoms with E-state index in [0.29, 0.717) is 5.56 Å². The number of hydrogen-bond acceptors (Lipinski definition) is 2. The number of aryl methyl sites for hydroxylation is 1. The molecule has 1 rings (SSSR count). The van der Waals surface area contributed by atoms with Gasteiger partial charge < -0.3 is 9.84 Å². The van der Waals surface area contributed by atoms with E-state index in [1.165, 1.54) is 0 Å². The lowest BCUT2D eigenvalue weighted by Gasteiger charge is -2.03. The monoisotopic (exact) mass is 264 g/mol. The molecular formula is C15H22NO3+. The second kappa shape index (κ2) is 8.43. The highest BCUT2D eigenvalue weighted by molar-refractivity contribution is 5.86. The number of carboxylic acid groups (broad SMARTS) is 1. The van der Waals surface area contributed by atoms with Crippen LogP contribution in [0.25, 0.3) is 0 Å². The Balaban J connectivity index is 2.17. The van der Waals surface area contributed by atoms with Crippen LogP contribution in [0.1, 0.15) is 36.5 Å². The molecule has 0 fully saturated rings. The molecule has 0 amide bonds. The molecule has 0 aliphatic rings. The van der Waals surface area contributed by atoms with Gasteiger partial charge in [0.2, 0.25) is 0 Å². The van der Waals surface area contributed by atoms with Crippen molar-refractivity contribution in [1.29, 1.82) is 0 Å². The van der Waals surface area contributed by atoms with Crippen LogP contribution in [0.2, 0.25) is 0 Å². The number of rotatable bonds is 9. The van der Waals surface area contributed by atoms with Crippen LogP contribution in [0.15, 0.2) is 36.7 Å². The van der Waals surface area contributed by atoms with E-state index < -0.39 is 5.97 Å². The molecule has 0 aliphatic carbocycles. The first kappa shape index (κ1) is 15.4. The maximum atomic E-state index is 10.8. The van der Waals surface area contributed by atoms with E-state index in [-0.39, 0.29) is 0 Å². The fourth-order valence-corrected chi connectivity index (χ4v) is 1.63. The van der Waals surface area contributed by atoms with E-state index in [9.17, 15) is 4.79 Å². The fraction of sp³-hybridized carbons (Fsp3) is 0.467. The quantitative estimate of drug-likeness (QED) is 0.423. The lowest BCUT2D eigenvalue weighted by Crippen LogP contribution is -2.33. The summed E-state index contributed by atoms with van der Waals surface area (Å²) >= 11 is 0. The van der Waals surface area contributed by atoms with Crippen molar-refractivity contribution in [1.82, 2.24) is 0 Å². The van der Waals surface area contributed by atoms with Crippen molar-refractivity contribution in [2.75, 3.05) is 13.2 Å². The number of pyridine rings is 1. The number of unbranched alkanes of at least 4 members (excludes halogenated alkanes) is 1. The first-order valence-corrected chi connectivity index (χ1v) is 6.54. The highest BCUT2D eigenvalue weighted by atomic mass is 16.5. The van der Waals surface area contributed by atoms with E-state index in [4.69, 9.17) is 9.84 Å². The Morgan fingerprint density at radius 3 is 2.89 bits per heavy atom. The number of ether oxygens (including phenoxy) is 1. The molecule has 4 heteroatoms. The fourth-order valence-electron chi connectivity index (χ4n) is 1.63. The van der Waals surface area contributed by atoms with Crippen molar-refractivity contribution in [2.45, 2.75) is 32.7 Å². The Labute approximate surface area is 114 Å². The minimum absolute atomic E-state index is 0.320. The topological polar surface area (TPSA) is 50.4 Å². The van der Waals surface area contributed by atoms with Crippen LogP contribution in [-0.2, 0) is 11.3 Å². The minimum Gasteiger partial charge on any atom is -0.477 e. The van der Waals surface area contributed by atoms with Crippen molar-refractivity contribution in [3.8, 4) is 0 Å². The number of hydrogen-bond donors (Lipinski definition) is 1. The molecule has 1 N–H and O–H groups in total. The van der Waals surface area contributed by atoms with Gasteiger partial charge in [0, 0.05) is 19.1 Å². The first-order chi connectivity index (χ1) is 9.09. The molecule has 19 heavy (non-hydrogen) atoms. The van der Waals surface area contributed by atoms with Gasteiger partial charge in [-0.3, -0.25) is 0 Å². The second-order valence-corrected chi connectivity index (χ2v) is 4.66. The molecule has 1 heterocycles. The van der Waals surface area contributed by atoms with E-state index in [1.807, 2.05) is 17.7 Å². The van der Waals surface area contributed by atoms with E-state index >= 15 is 0 Å². The van der Waals surface area contributed by atoms with Crippen LogP contribution in [0.5, 0.6) is 0 Å². The van der Waals surface area contributed by atoms with E-state index in [1.54, 1.807) is 18.3 Å². The normalized spacial score (nSPS) is 10.4. The zero-order chi connectivity index (χ0) is 14.1. The molecule has 0 radical (unpaired) electrons. The van der Waals surface area contributed by atoms with Crippen molar-refractivity contribution < 1.29 is 19.2 Å². The molecule has 0 aromatic carbocycles. The van der Waals surface area contributed by atoms with E-state index in [0.717, 1.165) is 44.6 Å². The average Bonchev–Trinajstić information content (AvgIpc) is 2.37. The van der Waals surface area contributed by atoms with Gasteiger partial charge in [-0.05, 0) is 25.8 Å². The molecule has 0 saturated heterocycles. The molecule has 0 saturated carbocycles. The SMILES string of the molecule is C=C(C)CCOCCCC[n+]1cccc(C(=O)O)c1. The van der Waals surface area contributed by atoms with Gasteiger partial charge >= 0.3 is 5.97 Å². The predicted octanol–water partition coefficient (Wildman–Crippen LogP) is 2.44. The first-order valence-electron chi connectivity index (χ1n) is 6.54. The third-order valence-electron chi connectivity index (χ3n) is 2.73. The van der Waals surface area contributed by atoms with Gasteiger partial charge in [0.05, 0.1) is 6.61 Å². The smallest absolute Gasteiger partial charge is 0.341 e. The second-order valence-electron chi connectivity index (χ2n) is 4.66. The Morgan fingerprint density at radius 2 is 2.21 bits per heavy atom. The summed E-state index contributed by atoms with van der Waals surface area (Å²) in [5.74, 6) is -0.891. The van der Waals surface area contributed by atoms with Gasteiger partial charge in [-0.15, -0.1) is 6.58 Å². The average molecular weight is 264 g/mol. The summed E-state index contributed by atoms with van der Waals surface area (Å²) in [5, 5.41) is 8.88. The number of carboxylic acids is 1. The minimum atomic E-state index is -0.891. The molecule has 0 spiro atoms. The highest BCUT2D eigenvalue weighted by Gasteiger charge is 2.08. The van der Waals surface area contributed by atoms with Gasteiger partial charge in [-0.2, -0.15) is 0 Å².